The Morgan fingerprint density at radius 1 is 1.03 bits per heavy atom. The lowest BCUT2D eigenvalue weighted by Gasteiger charge is -2.28. The van der Waals surface area contributed by atoms with Gasteiger partial charge in [-0.25, -0.2) is 9.59 Å². The number of benzene rings is 2. The zero-order valence-electron chi connectivity index (χ0n) is 20.4. The number of hydrogen-bond acceptors (Lipinski definition) is 7. The molecule has 0 saturated carbocycles. The lowest BCUT2D eigenvalue weighted by Crippen LogP contribution is -2.48. The molecular weight excluding hydrogens is 450 g/mol. The molecule has 0 fully saturated rings. The van der Waals surface area contributed by atoms with Crippen molar-refractivity contribution in [2.45, 2.75) is 38.8 Å². The van der Waals surface area contributed by atoms with E-state index in [9.17, 15) is 14.4 Å². The molecule has 3 aromatic rings. The van der Waals surface area contributed by atoms with Gasteiger partial charge in [0.2, 0.25) is 0 Å². The van der Waals surface area contributed by atoms with Crippen LogP contribution in [0.1, 0.15) is 36.7 Å². The van der Waals surface area contributed by atoms with Gasteiger partial charge in [0.1, 0.15) is 11.6 Å². The normalized spacial score (nSPS) is 12.3. The Morgan fingerprint density at radius 2 is 1.71 bits per heavy atom. The van der Waals surface area contributed by atoms with Gasteiger partial charge in [0.05, 0.1) is 19.2 Å². The first-order chi connectivity index (χ1) is 16.7. The van der Waals surface area contributed by atoms with Crippen LogP contribution < -0.4 is 5.32 Å². The number of ether oxygens (including phenoxy) is 2. The van der Waals surface area contributed by atoms with Gasteiger partial charge < -0.3 is 24.6 Å². The second-order valence-electron chi connectivity index (χ2n) is 8.92. The molecule has 9 nitrogen and oxygen atoms in total. The van der Waals surface area contributed by atoms with Gasteiger partial charge in [0, 0.05) is 30.1 Å². The fourth-order valence-corrected chi connectivity index (χ4v) is 3.53. The van der Waals surface area contributed by atoms with Crippen LogP contribution in [0.3, 0.4) is 0 Å². The van der Waals surface area contributed by atoms with Crippen molar-refractivity contribution in [1.82, 2.24) is 15.4 Å². The summed E-state index contributed by atoms with van der Waals surface area (Å²) in [5.41, 5.74) is 1.45. The molecule has 186 valence electrons. The number of aromatic amines is 1. The van der Waals surface area contributed by atoms with Gasteiger partial charge in [0.15, 0.2) is 0 Å². The van der Waals surface area contributed by atoms with Crippen molar-refractivity contribution < 1.29 is 28.7 Å². The predicted molar refractivity (Wildman–Crippen MR) is 131 cm³/mol. The first-order valence-electron chi connectivity index (χ1n) is 11.3. The molecule has 0 bridgehead atoms. The minimum Gasteiger partial charge on any atom is -0.468 e. The highest BCUT2D eigenvalue weighted by Crippen LogP contribution is 2.22. The van der Waals surface area contributed by atoms with Crippen LogP contribution in [0.15, 0.2) is 60.8 Å². The van der Waals surface area contributed by atoms with Crippen molar-refractivity contribution >= 4 is 28.9 Å². The molecule has 9 heteroatoms. The molecular formula is C26H31N3O6. The highest BCUT2D eigenvalue weighted by molar-refractivity contribution is 5.89. The molecule has 0 aliphatic carbocycles. The quantitative estimate of drug-likeness (QED) is 0.353. The van der Waals surface area contributed by atoms with E-state index < -0.39 is 29.7 Å². The number of aromatic nitrogens is 1. The summed E-state index contributed by atoms with van der Waals surface area (Å²) in [4.78, 5) is 46.6. The topological polar surface area (TPSA) is 110 Å². The van der Waals surface area contributed by atoms with Gasteiger partial charge in [-0.3, -0.25) is 4.79 Å². The summed E-state index contributed by atoms with van der Waals surface area (Å²) < 4.78 is 10.3. The molecule has 0 aliphatic heterocycles. The monoisotopic (exact) mass is 481 g/mol. The second-order valence-corrected chi connectivity index (χ2v) is 8.92. The Kier molecular flexibility index (Phi) is 8.48. The number of H-pyrrole nitrogens is 1. The smallest absolute Gasteiger partial charge is 0.407 e. The molecule has 0 aliphatic rings. The summed E-state index contributed by atoms with van der Waals surface area (Å²) in [6, 6.07) is 15.2. The van der Waals surface area contributed by atoms with Crippen LogP contribution in [0.2, 0.25) is 0 Å². The Bertz CT molecular complexity index is 1150. The van der Waals surface area contributed by atoms with Gasteiger partial charge >= 0.3 is 18.0 Å². The maximum Gasteiger partial charge on any atom is 0.407 e. The SMILES string of the molecule is COC(=O)[C@@H](Cc1c[nH]c2ccccc12)N(CCNC(=O)OC(C)(C)C)OC(=O)c1ccccc1. The van der Waals surface area contributed by atoms with Gasteiger partial charge in [-0.2, -0.15) is 0 Å². The number of amides is 1. The van der Waals surface area contributed by atoms with Crippen molar-refractivity contribution in [3.05, 3.63) is 71.9 Å². The Balaban J connectivity index is 1.82. The summed E-state index contributed by atoms with van der Waals surface area (Å²) in [7, 11) is 1.28. The van der Waals surface area contributed by atoms with E-state index >= 15 is 0 Å². The number of hydrogen-bond donors (Lipinski definition) is 2. The minimum atomic E-state index is -0.952. The van der Waals surface area contributed by atoms with E-state index in [0.717, 1.165) is 16.5 Å². The van der Waals surface area contributed by atoms with E-state index in [1.807, 2.05) is 30.5 Å². The number of carbonyl (C=O) groups is 3. The highest BCUT2D eigenvalue weighted by Gasteiger charge is 2.32. The fraction of sp³-hybridized carbons (Fsp3) is 0.346. The van der Waals surface area contributed by atoms with Gasteiger partial charge in [-0.1, -0.05) is 36.4 Å². The summed E-state index contributed by atoms with van der Waals surface area (Å²) >= 11 is 0. The second kappa shape index (κ2) is 11.5. The molecule has 1 aromatic heterocycles. The first-order valence-corrected chi connectivity index (χ1v) is 11.3. The largest absolute Gasteiger partial charge is 0.468 e. The Labute approximate surface area is 204 Å². The van der Waals surface area contributed by atoms with E-state index in [0.29, 0.717) is 5.56 Å². The van der Waals surface area contributed by atoms with Crippen molar-refractivity contribution in [3.8, 4) is 0 Å². The number of para-hydroxylation sites is 1. The van der Waals surface area contributed by atoms with Gasteiger partial charge in [-0.15, -0.1) is 5.06 Å². The minimum absolute atomic E-state index is 0.0277. The zero-order valence-corrected chi connectivity index (χ0v) is 20.4. The third-order valence-corrected chi connectivity index (χ3v) is 5.12. The lowest BCUT2D eigenvalue weighted by molar-refractivity contribution is -0.173. The van der Waals surface area contributed by atoms with Crippen molar-refractivity contribution in [3.63, 3.8) is 0 Å². The number of nitrogens with zero attached hydrogens (tertiary/aromatic N) is 1. The molecule has 1 heterocycles. The number of methoxy groups -OCH3 is 1. The van der Waals surface area contributed by atoms with E-state index in [1.54, 1.807) is 51.1 Å². The van der Waals surface area contributed by atoms with Crippen LogP contribution in [0.4, 0.5) is 4.79 Å². The molecule has 2 N–H and O–H groups in total. The molecule has 0 spiro atoms. The molecule has 1 atom stereocenters. The molecule has 3 rings (SSSR count). The standard InChI is InChI=1S/C26H31N3O6/c1-26(2,3)34-25(32)27-14-15-29(35-23(30)18-10-6-5-7-11-18)22(24(31)33-4)16-19-17-28-21-13-9-8-12-20(19)21/h5-13,17,22,28H,14-16H2,1-4H3,(H,27,32)/t22-/m1/s1. The van der Waals surface area contributed by atoms with Gasteiger partial charge in [-0.05, 0) is 44.5 Å². The maximum atomic E-state index is 12.8. The van der Waals surface area contributed by atoms with E-state index in [1.165, 1.54) is 12.2 Å². The van der Waals surface area contributed by atoms with Crippen LogP contribution in [-0.2, 0) is 25.5 Å². The summed E-state index contributed by atoms with van der Waals surface area (Å²) in [6.07, 6.45) is 1.42. The lowest BCUT2D eigenvalue weighted by atomic mass is 10.0. The molecule has 0 unspecified atom stereocenters. The average Bonchev–Trinajstić information content (AvgIpc) is 3.23. The average molecular weight is 482 g/mol. The third-order valence-electron chi connectivity index (χ3n) is 5.12. The number of rotatable bonds is 9. The number of carbonyl (C=O) groups excluding carboxylic acids is 3. The van der Waals surface area contributed by atoms with E-state index in [2.05, 4.69) is 10.3 Å². The molecule has 0 saturated heterocycles. The van der Waals surface area contributed by atoms with Crippen molar-refractivity contribution in [1.29, 1.82) is 0 Å². The Morgan fingerprint density at radius 3 is 2.40 bits per heavy atom. The molecule has 35 heavy (non-hydrogen) atoms. The van der Waals surface area contributed by atoms with Crippen molar-refractivity contribution in [2.24, 2.45) is 0 Å². The van der Waals surface area contributed by atoms with Crippen LogP contribution >= 0.6 is 0 Å². The van der Waals surface area contributed by atoms with Crippen LogP contribution in [0.25, 0.3) is 10.9 Å². The number of nitrogens with one attached hydrogen (secondary N) is 2. The third kappa shape index (κ3) is 7.31. The fourth-order valence-electron chi connectivity index (χ4n) is 3.53. The number of hydroxylamine groups is 2. The number of alkyl carbamates (subject to hydrolysis) is 1. The summed E-state index contributed by atoms with van der Waals surface area (Å²) in [6.45, 7) is 5.37. The van der Waals surface area contributed by atoms with Crippen LogP contribution in [0, 0.1) is 0 Å². The maximum absolute atomic E-state index is 12.8. The number of esters is 1. The summed E-state index contributed by atoms with van der Waals surface area (Å²) in [5, 5.41) is 4.83. The Hall–Kier alpha value is -3.85. The van der Waals surface area contributed by atoms with E-state index in [-0.39, 0.29) is 19.5 Å². The van der Waals surface area contributed by atoms with Gasteiger partial charge in [0.25, 0.3) is 0 Å². The molecule has 1 amide bonds. The van der Waals surface area contributed by atoms with Crippen molar-refractivity contribution in [2.75, 3.05) is 20.2 Å². The highest BCUT2D eigenvalue weighted by atomic mass is 16.7. The first kappa shape index (κ1) is 25.8. The summed E-state index contributed by atoms with van der Waals surface area (Å²) in [5.74, 6) is -1.20. The van der Waals surface area contributed by atoms with E-state index in [4.69, 9.17) is 14.3 Å². The number of fused-ring (bicyclic) bond motifs is 1. The molecule has 0 radical (unpaired) electrons. The van der Waals surface area contributed by atoms with Crippen LogP contribution in [-0.4, -0.2) is 59.9 Å². The zero-order chi connectivity index (χ0) is 25.4. The molecule has 2 aromatic carbocycles. The van der Waals surface area contributed by atoms with Crippen LogP contribution in [0.5, 0.6) is 0 Å². The predicted octanol–water partition coefficient (Wildman–Crippen LogP) is 3.85.